The topological polar surface area (TPSA) is 72.2 Å². The van der Waals surface area contributed by atoms with Crippen LogP contribution in [0.2, 0.25) is 0 Å². The number of nitrogens with one attached hydrogen (secondary N) is 1. The van der Waals surface area contributed by atoms with E-state index in [4.69, 9.17) is 5.73 Å². The summed E-state index contributed by atoms with van der Waals surface area (Å²) >= 11 is 0. The maximum Gasteiger partial charge on any atom is 0.177 e. The molecule has 0 saturated heterocycles. The lowest BCUT2D eigenvalue weighted by molar-refractivity contribution is 0.321. The third-order valence-corrected chi connectivity index (χ3v) is 4.96. The third-order valence-electron chi connectivity index (χ3n) is 3.81. The van der Waals surface area contributed by atoms with Gasteiger partial charge in [0.15, 0.2) is 9.84 Å². The summed E-state index contributed by atoms with van der Waals surface area (Å²) in [6.07, 6.45) is 5.85. The van der Waals surface area contributed by atoms with Crippen LogP contribution in [0.25, 0.3) is 0 Å². The third kappa shape index (κ3) is 3.70. The predicted molar refractivity (Wildman–Crippen MR) is 78.0 cm³/mol. The molecule has 0 radical (unpaired) electrons. The van der Waals surface area contributed by atoms with Gasteiger partial charge in [0.05, 0.1) is 10.6 Å². The molecule has 0 amide bonds. The van der Waals surface area contributed by atoms with E-state index in [0.29, 0.717) is 16.5 Å². The maximum atomic E-state index is 11.7. The molecule has 0 spiro atoms. The minimum absolute atomic E-state index is 0.228. The molecule has 1 fully saturated rings. The predicted octanol–water partition coefficient (Wildman–Crippen LogP) is 2.02. The maximum absolute atomic E-state index is 11.7. The number of nitrogens with two attached hydrogens (primary N) is 1. The van der Waals surface area contributed by atoms with Gasteiger partial charge in [0.2, 0.25) is 0 Å². The quantitative estimate of drug-likeness (QED) is 0.886. The highest BCUT2D eigenvalue weighted by molar-refractivity contribution is 7.90. The summed E-state index contributed by atoms with van der Waals surface area (Å²) in [7, 11) is -3.19. The highest BCUT2D eigenvalue weighted by Crippen LogP contribution is 2.25. The Morgan fingerprint density at radius 1 is 1.26 bits per heavy atom. The number of rotatable bonds is 4. The molecule has 0 aromatic heterocycles. The van der Waals surface area contributed by atoms with Crippen LogP contribution < -0.4 is 11.1 Å². The minimum Gasteiger partial charge on any atom is -0.384 e. The number of hydrogen-bond donors (Lipinski definition) is 2. The molecule has 0 bridgehead atoms. The van der Waals surface area contributed by atoms with Crippen molar-refractivity contribution < 1.29 is 8.42 Å². The van der Waals surface area contributed by atoms with Gasteiger partial charge in [0.25, 0.3) is 0 Å². The van der Waals surface area contributed by atoms with Crippen LogP contribution in [-0.2, 0) is 9.84 Å². The van der Waals surface area contributed by atoms with Crippen LogP contribution >= 0.6 is 0 Å². The fourth-order valence-corrected chi connectivity index (χ4v) is 3.53. The second-order valence-corrected chi connectivity index (χ2v) is 7.34. The van der Waals surface area contributed by atoms with Crippen LogP contribution in [0.3, 0.4) is 0 Å². The van der Waals surface area contributed by atoms with Gasteiger partial charge >= 0.3 is 0 Å². The second kappa shape index (κ2) is 5.92. The Morgan fingerprint density at radius 2 is 1.95 bits per heavy atom. The Bertz CT molecular complexity index is 528. The Morgan fingerprint density at radius 3 is 2.63 bits per heavy atom. The lowest BCUT2D eigenvalue weighted by atomic mass is 9.85. The summed E-state index contributed by atoms with van der Waals surface area (Å²) in [4.78, 5) is 0.361. The highest BCUT2D eigenvalue weighted by Gasteiger charge is 2.22. The van der Waals surface area contributed by atoms with Crippen LogP contribution in [0.1, 0.15) is 25.7 Å². The molecule has 1 aromatic carbocycles. The summed E-state index contributed by atoms with van der Waals surface area (Å²) < 4.78 is 23.4. The van der Waals surface area contributed by atoms with Crippen molar-refractivity contribution in [3.8, 4) is 0 Å². The van der Waals surface area contributed by atoms with Crippen molar-refractivity contribution in [2.75, 3.05) is 18.1 Å². The first-order valence-electron chi connectivity index (χ1n) is 6.77. The van der Waals surface area contributed by atoms with Crippen LogP contribution in [-0.4, -0.2) is 27.3 Å². The van der Waals surface area contributed by atoms with Gasteiger partial charge in [0.1, 0.15) is 0 Å². The molecule has 3 N–H and O–H groups in total. The molecule has 106 valence electrons. The van der Waals surface area contributed by atoms with E-state index in [2.05, 4.69) is 5.32 Å². The molecule has 4 nitrogen and oxygen atoms in total. The summed E-state index contributed by atoms with van der Waals surface area (Å²) in [6.45, 7) is 0.744. The summed E-state index contributed by atoms with van der Waals surface area (Å²) in [5.41, 5.74) is 6.79. The van der Waals surface area contributed by atoms with E-state index in [0.717, 1.165) is 19.4 Å². The molecule has 1 aromatic rings. The van der Waals surface area contributed by atoms with Crippen LogP contribution in [0.4, 0.5) is 5.69 Å². The fourth-order valence-electron chi connectivity index (χ4n) is 2.67. The van der Waals surface area contributed by atoms with Crippen LogP contribution in [0.15, 0.2) is 29.2 Å². The van der Waals surface area contributed by atoms with Gasteiger partial charge in [-0.2, -0.15) is 0 Å². The fraction of sp³-hybridized carbons (Fsp3) is 0.571. The van der Waals surface area contributed by atoms with E-state index in [1.54, 1.807) is 12.1 Å². The van der Waals surface area contributed by atoms with Gasteiger partial charge in [-0.15, -0.1) is 0 Å². The Hall–Kier alpha value is -1.07. The van der Waals surface area contributed by atoms with Gasteiger partial charge in [-0.1, -0.05) is 25.0 Å². The van der Waals surface area contributed by atoms with Crippen LogP contribution in [0, 0.1) is 5.92 Å². The molecule has 0 aliphatic heterocycles. The van der Waals surface area contributed by atoms with E-state index < -0.39 is 9.84 Å². The Balaban J connectivity index is 2.07. The number of hydrogen-bond acceptors (Lipinski definition) is 4. The largest absolute Gasteiger partial charge is 0.384 e. The lowest BCUT2D eigenvalue weighted by Crippen LogP contribution is -2.37. The van der Waals surface area contributed by atoms with Crippen molar-refractivity contribution in [2.45, 2.75) is 36.6 Å². The molecule has 0 heterocycles. The van der Waals surface area contributed by atoms with E-state index in [1.807, 2.05) is 12.1 Å². The first kappa shape index (κ1) is 14.3. The van der Waals surface area contributed by atoms with Gasteiger partial charge in [-0.05, 0) is 30.9 Å². The van der Waals surface area contributed by atoms with Crippen LogP contribution in [0.5, 0.6) is 0 Å². The van der Waals surface area contributed by atoms with Crippen molar-refractivity contribution in [2.24, 2.45) is 11.7 Å². The van der Waals surface area contributed by atoms with Crippen molar-refractivity contribution in [3.63, 3.8) is 0 Å². The molecule has 1 saturated carbocycles. The molecule has 1 aliphatic rings. The molecular formula is C14H22N2O2S. The highest BCUT2D eigenvalue weighted by atomic mass is 32.2. The smallest absolute Gasteiger partial charge is 0.177 e. The van der Waals surface area contributed by atoms with Crippen molar-refractivity contribution in [3.05, 3.63) is 24.3 Å². The average Bonchev–Trinajstić information content (AvgIpc) is 2.37. The zero-order chi connectivity index (χ0) is 13.9. The summed E-state index contributed by atoms with van der Waals surface area (Å²) in [6, 6.07) is 7.27. The van der Waals surface area contributed by atoms with Gasteiger partial charge in [-0.3, -0.25) is 0 Å². The molecule has 2 atom stereocenters. The zero-order valence-corrected chi connectivity index (χ0v) is 12.1. The van der Waals surface area contributed by atoms with Crippen molar-refractivity contribution >= 4 is 15.5 Å². The first-order valence-corrected chi connectivity index (χ1v) is 8.66. The van der Waals surface area contributed by atoms with E-state index in [-0.39, 0.29) is 6.04 Å². The number of anilines is 1. The summed E-state index contributed by atoms with van der Waals surface area (Å²) in [5.74, 6) is 0.432. The van der Waals surface area contributed by atoms with Gasteiger partial charge < -0.3 is 11.1 Å². The molecule has 2 rings (SSSR count). The van der Waals surface area contributed by atoms with Gasteiger partial charge in [0, 0.05) is 18.8 Å². The van der Waals surface area contributed by atoms with E-state index in [9.17, 15) is 8.42 Å². The lowest BCUT2D eigenvalue weighted by Gasteiger charge is -2.29. The van der Waals surface area contributed by atoms with E-state index >= 15 is 0 Å². The Kier molecular flexibility index (Phi) is 4.47. The molecule has 5 heteroatoms. The molecule has 19 heavy (non-hydrogen) atoms. The first-order chi connectivity index (χ1) is 8.98. The minimum atomic E-state index is -3.19. The van der Waals surface area contributed by atoms with E-state index in [1.165, 1.54) is 19.1 Å². The van der Waals surface area contributed by atoms with Gasteiger partial charge in [-0.25, -0.2) is 8.42 Å². The number of sulfone groups is 1. The SMILES string of the molecule is CS(=O)(=O)c1ccccc1NCC1CCCCC1N. The normalized spacial score (nSPS) is 24.1. The summed E-state index contributed by atoms with van der Waals surface area (Å²) in [5, 5.41) is 3.26. The van der Waals surface area contributed by atoms with Crippen molar-refractivity contribution in [1.29, 1.82) is 0 Å². The Labute approximate surface area is 115 Å². The van der Waals surface area contributed by atoms with Crippen molar-refractivity contribution in [1.82, 2.24) is 0 Å². The zero-order valence-electron chi connectivity index (χ0n) is 11.3. The average molecular weight is 282 g/mol. The monoisotopic (exact) mass is 282 g/mol. The molecular weight excluding hydrogens is 260 g/mol. The molecule has 2 unspecified atom stereocenters. The number of para-hydroxylation sites is 1. The number of benzene rings is 1. The molecule has 1 aliphatic carbocycles. The second-order valence-electron chi connectivity index (χ2n) is 5.36. The standard InChI is InChI=1S/C14H22N2O2S/c1-19(17,18)14-9-5-4-8-13(14)16-10-11-6-2-3-7-12(11)15/h4-5,8-9,11-12,16H,2-3,6-7,10,15H2,1H3.